The fourth-order valence-corrected chi connectivity index (χ4v) is 1.99. The molecule has 0 heterocycles. The Morgan fingerprint density at radius 2 is 2.21 bits per heavy atom. The van der Waals surface area contributed by atoms with Crippen molar-refractivity contribution in [3.63, 3.8) is 0 Å². The standard InChI is InChI=1S/C15H22FNO2/c1-11-6-7-12(10-18)8-13(11)9-14(16)4-3-5-15(19)17-2/h6-8,14,18H,3-5,9-10H2,1-2H3,(H,17,19). The third-order valence-electron chi connectivity index (χ3n) is 3.24. The summed E-state index contributed by atoms with van der Waals surface area (Å²) < 4.78 is 13.9. The first kappa shape index (κ1) is 15.6. The smallest absolute Gasteiger partial charge is 0.219 e. The third-order valence-corrected chi connectivity index (χ3v) is 3.24. The van der Waals surface area contributed by atoms with E-state index in [-0.39, 0.29) is 12.5 Å². The lowest BCUT2D eigenvalue weighted by Crippen LogP contribution is -2.17. The average Bonchev–Trinajstić information content (AvgIpc) is 2.41. The molecule has 1 rings (SSSR count). The molecule has 0 bridgehead atoms. The fourth-order valence-electron chi connectivity index (χ4n) is 1.99. The van der Waals surface area contributed by atoms with Crippen molar-refractivity contribution in [3.8, 4) is 0 Å². The number of aliphatic hydroxyl groups excluding tert-OH is 1. The van der Waals surface area contributed by atoms with Gasteiger partial charge in [-0.15, -0.1) is 0 Å². The highest BCUT2D eigenvalue weighted by molar-refractivity contribution is 5.75. The van der Waals surface area contributed by atoms with Crippen LogP contribution in [0, 0.1) is 6.92 Å². The van der Waals surface area contributed by atoms with Gasteiger partial charge in [-0.1, -0.05) is 18.2 Å². The van der Waals surface area contributed by atoms with E-state index in [4.69, 9.17) is 5.11 Å². The van der Waals surface area contributed by atoms with Crippen molar-refractivity contribution in [2.24, 2.45) is 0 Å². The van der Waals surface area contributed by atoms with E-state index in [0.29, 0.717) is 25.7 Å². The number of carbonyl (C=O) groups is 1. The molecule has 1 atom stereocenters. The number of rotatable bonds is 7. The van der Waals surface area contributed by atoms with E-state index in [1.54, 1.807) is 7.05 Å². The molecule has 19 heavy (non-hydrogen) atoms. The second-order valence-electron chi connectivity index (χ2n) is 4.79. The zero-order valence-electron chi connectivity index (χ0n) is 11.6. The van der Waals surface area contributed by atoms with Crippen molar-refractivity contribution in [2.45, 2.75) is 45.4 Å². The quantitative estimate of drug-likeness (QED) is 0.796. The van der Waals surface area contributed by atoms with Gasteiger partial charge >= 0.3 is 0 Å². The van der Waals surface area contributed by atoms with Crippen molar-refractivity contribution in [1.82, 2.24) is 5.32 Å². The minimum atomic E-state index is -0.947. The number of hydrogen-bond acceptors (Lipinski definition) is 2. The van der Waals surface area contributed by atoms with Crippen LogP contribution in [0.1, 0.15) is 36.0 Å². The monoisotopic (exact) mass is 267 g/mol. The Morgan fingerprint density at radius 1 is 1.47 bits per heavy atom. The van der Waals surface area contributed by atoms with Gasteiger partial charge in [-0.2, -0.15) is 0 Å². The zero-order chi connectivity index (χ0) is 14.3. The van der Waals surface area contributed by atoms with Gasteiger partial charge in [0.2, 0.25) is 5.91 Å². The number of nitrogens with one attached hydrogen (secondary N) is 1. The first-order valence-corrected chi connectivity index (χ1v) is 6.60. The van der Waals surface area contributed by atoms with Crippen LogP contribution in [0.2, 0.25) is 0 Å². The Bertz CT molecular complexity index is 421. The molecule has 2 N–H and O–H groups in total. The van der Waals surface area contributed by atoms with Crippen LogP contribution in [0.15, 0.2) is 18.2 Å². The van der Waals surface area contributed by atoms with Crippen molar-refractivity contribution < 1.29 is 14.3 Å². The minimum Gasteiger partial charge on any atom is -0.392 e. The summed E-state index contributed by atoms with van der Waals surface area (Å²) >= 11 is 0. The van der Waals surface area contributed by atoms with Gasteiger partial charge in [0.15, 0.2) is 0 Å². The van der Waals surface area contributed by atoms with Crippen molar-refractivity contribution in [1.29, 1.82) is 0 Å². The lowest BCUT2D eigenvalue weighted by molar-refractivity contribution is -0.120. The number of aryl methyl sites for hydroxylation is 1. The van der Waals surface area contributed by atoms with Crippen LogP contribution in [0.5, 0.6) is 0 Å². The Hall–Kier alpha value is -1.42. The molecule has 1 aromatic carbocycles. The molecule has 0 spiro atoms. The molecule has 0 saturated heterocycles. The number of aliphatic hydroxyl groups is 1. The first-order valence-electron chi connectivity index (χ1n) is 6.60. The normalized spacial score (nSPS) is 12.2. The maximum atomic E-state index is 13.9. The van der Waals surface area contributed by atoms with Crippen LogP contribution in [0.3, 0.4) is 0 Å². The summed E-state index contributed by atoms with van der Waals surface area (Å²) in [6.07, 6.45) is 0.702. The summed E-state index contributed by atoms with van der Waals surface area (Å²) in [5, 5.41) is 11.6. The molecule has 1 unspecified atom stereocenters. The summed E-state index contributed by atoms with van der Waals surface area (Å²) in [6.45, 7) is 1.91. The molecule has 0 fully saturated rings. The second kappa shape index (κ2) is 7.89. The fraction of sp³-hybridized carbons (Fsp3) is 0.533. The van der Waals surface area contributed by atoms with E-state index in [2.05, 4.69) is 5.32 Å². The topological polar surface area (TPSA) is 49.3 Å². The lowest BCUT2D eigenvalue weighted by Gasteiger charge is -2.11. The maximum absolute atomic E-state index is 13.9. The van der Waals surface area contributed by atoms with Gasteiger partial charge in [0.05, 0.1) is 6.61 Å². The molecular formula is C15H22FNO2. The van der Waals surface area contributed by atoms with Crippen LogP contribution < -0.4 is 5.32 Å². The zero-order valence-corrected chi connectivity index (χ0v) is 11.6. The summed E-state index contributed by atoms with van der Waals surface area (Å²) in [4.78, 5) is 11.0. The van der Waals surface area contributed by atoms with Gasteiger partial charge < -0.3 is 10.4 Å². The first-order chi connectivity index (χ1) is 9.06. The van der Waals surface area contributed by atoms with Crippen molar-refractivity contribution in [3.05, 3.63) is 34.9 Å². The van der Waals surface area contributed by atoms with E-state index >= 15 is 0 Å². The SMILES string of the molecule is CNC(=O)CCCC(F)Cc1cc(CO)ccc1C. The van der Waals surface area contributed by atoms with Gasteiger partial charge in [-0.05, 0) is 36.5 Å². The summed E-state index contributed by atoms with van der Waals surface area (Å²) in [5.41, 5.74) is 2.77. The molecule has 0 aromatic heterocycles. The second-order valence-corrected chi connectivity index (χ2v) is 4.79. The Balaban J connectivity index is 2.47. The number of benzene rings is 1. The molecule has 1 aromatic rings. The number of amides is 1. The lowest BCUT2D eigenvalue weighted by atomic mass is 9.98. The van der Waals surface area contributed by atoms with E-state index < -0.39 is 6.17 Å². The Kier molecular flexibility index (Phi) is 6.50. The molecule has 3 nitrogen and oxygen atoms in total. The number of alkyl halides is 1. The minimum absolute atomic E-state index is 0.0269. The molecule has 106 valence electrons. The van der Waals surface area contributed by atoms with E-state index in [1.807, 2.05) is 25.1 Å². The Labute approximate surface area is 113 Å². The van der Waals surface area contributed by atoms with Crippen LogP contribution >= 0.6 is 0 Å². The van der Waals surface area contributed by atoms with Crippen LogP contribution in [-0.4, -0.2) is 24.2 Å². The largest absolute Gasteiger partial charge is 0.392 e. The van der Waals surface area contributed by atoms with Gasteiger partial charge in [-0.3, -0.25) is 4.79 Å². The molecule has 0 aliphatic carbocycles. The molecule has 0 radical (unpaired) electrons. The van der Waals surface area contributed by atoms with Crippen molar-refractivity contribution >= 4 is 5.91 Å². The molecule has 4 heteroatoms. The molecular weight excluding hydrogens is 245 g/mol. The van der Waals surface area contributed by atoms with E-state index in [9.17, 15) is 9.18 Å². The third kappa shape index (κ3) is 5.39. The number of carbonyl (C=O) groups excluding carboxylic acids is 1. The highest BCUT2D eigenvalue weighted by Gasteiger charge is 2.11. The van der Waals surface area contributed by atoms with Gasteiger partial charge in [0.1, 0.15) is 6.17 Å². The predicted molar refractivity (Wildman–Crippen MR) is 73.6 cm³/mol. The van der Waals surface area contributed by atoms with Crippen molar-refractivity contribution in [2.75, 3.05) is 7.05 Å². The summed E-state index contributed by atoms with van der Waals surface area (Å²) in [7, 11) is 1.58. The van der Waals surface area contributed by atoms with Crippen LogP contribution in [0.25, 0.3) is 0 Å². The summed E-state index contributed by atoms with van der Waals surface area (Å²) in [6, 6.07) is 5.59. The van der Waals surface area contributed by atoms with E-state index in [0.717, 1.165) is 16.7 Å². The number of hydrogen-bond donors (Lipinski definition) is 2. The summed E-state index contributed by atoms with van der Waals surface area (Å²) in [5.74, 6) is -0.0503. The average molecular weight is 267 g/mol. The molecule has 0 aliphatic heterocycles. The predicted octanol–water partition coefficient (Wildman–Crippen LogP) is 2.28. The van der Waals surface area contributed by atoms with Crippen LogP contribution in [0.4, 0.5) is 4.39 Å². The van der Waals surface area contributed by atoms with Gasteiger partial charge in [0.25, 0.3) is 0 Å². The highest BCUT2D eigenvalue weighted by atomic mass is 19.1. The Morgan fingerprint density at radius 3 is 2.84 bits per heavy atom. The van der Waals surface area contributed by atoms with Crippen LogP contribution in [-0.2, 0) is 17.8 Å². The molecule has 0 saturated carbocycles. The highest BCUT2D eigenvalue weighted by Crippen LogP contribution is 2.17. The maximum Gasteiger partial charge on any atom is 0.219 e. The molecule has 1 amide bonds. The molecule has 0 aliphatic rings. The van der Waals surface area contributed by atoms with Gasteiger partial charge in [-0.25, -0.2) is 4.39 Å². The van der Waals surface area contributed by atoms with E-state index in [1.165, 1.54) is 0 Å². The number of halogens is 1. The van der Waals surface area contributed by atoms with Gasteiger partial charge in [0, 0.05) is 19.9 Å².